The Morgan fingerprint density at radius 1 is 1.29 bits per heavy atom. The molecule has 3 nitrogen and oxygen atoms in total. The molecule has 1 atom stereocenters. The van der Waals surface area contributed by atoms with Gasteiger partial charge in [-0.25, -0.2) is 0 Å². The number of piperazine rings is 1. The summed E-state index contributed by atoms with van der Waals surface area (Å²) in [4.78, 5) is 4.98. The van der Waals surface area contributed by atoms with Crippen LogP contribution in [-0.4, -0.2) is 59.3 Å². The minimum absolute atomic E-state index is 0.319. The molecule has 1 aliphatic heterocycles. The SMILES string of the molecule is CC(C)N1CCN(C2CC2)[C@@H](CO)C1. The molecule has 1 N–H and O–H groups in total. The minimum atomic E-state index is 0.319. The lowest BCUT2D eigenvalue weighted by Crippen LogP contribution is -2.56. The lowest BCUT2D eigenvalue weighted by molar-refractivity contribution is 0.0221. The predicted octanol–water partition coefficient (Wildman–Crippen LogP) is 0.536. The van der Waals surface area contributed by atoms with E-state index in [1.807, 2.05) is 0 Å². The molecule has 0 amide bonds. The molecule has 1 heterocycles. The fourth-order valence-electron chi connectivity index (χ4n) is 2.41. The molecule has 0 aromatic heterocycles. The summed E-state index contributed by atoms with van der Waals surface area (Å²) in [5, 5.41) is 9.37. The Balaban J connectivity index is 1.92. The third kappa shape index (κ3) is 2.10. The summed E-state index contributed by atoms with van der Waals surface area (Å²) >= 11 is 0. The molecular formula is C11H22N2O. The average Bonchev–Trinajstić information content (AvgIpc) is 3.00. The quantitative estimate of drug-likeness (QED) is 0.717. The highest BCUT2D eigenvalue weighted by Gasteiger charge is 2.37. The van der Waals surface area contributed by atoms with E-state index in [1.165, 1.54) is 19.4 Å². The molecular weight excluding hydrogens is 176 g/mol. The summed E-state index contributed by atoms with van der Waals surface area (Å²) in [6.07, 6.45) is 2.69. The number of nitrogens with zero attached hydrogens (tertiary/aromatic N) is 2. The van der Waals surface area contributed by atoms with Crippen molar-refractivity contribution in [3.8, 4) is 0 Å². The molecule has 1 saturated carbocycles. The normalized spacial score (nSPS) is 31.3. The zero-order valence-corrected chi connectivity index (χ0v) is 9.32. The Morgan fingerprint density at radius 2 is 2.00 bits per heavy atom. The first-order chi connectivity index (χ1) is 6.72. The van der Waals surface area contributed by atoms with Gasteiger partial charge < -0.3 is 5.11 Å². The smallest absolute Gasteiger partial charge is 0.0599 e. The van der Waals surface area contributed by atoms with Crippen molar-refractivity contribution in [2.45, 2.75) is 44.8 Å². The Bertz CT molecular complexity index is 192. The average molecular weight is 198 g/mol. The van der Waals surface area contributed by atoms with Crippen molar-refractivity contribution in [3.05, 3.63) is 0 Å². The van der Waals surface area contributed by atoms with Crippen molar-refractivity contribution in [1.82, 2.24) is 9.80 Å². The van der Waals surface area contributed by atoms with Crippen molar-refractivity contribution < 1.29 is 5.11 Å². The summed E-state index contributed by atoms with van der Waals surface area (Å²) in [6.45, 7) is 8.16. The lowest BCUT2D eigenvalue weighted by Gasteiger charge is -2.42. The molecule has 3 heteroatoms. The Morgan fingerprint density at radius 3 is 2.50 bits per heavy atom. The van der Waals surface area contributed by atoms with E-state index in [9.17, 15) is 5.11 Å². The largest absolute Gasteiger partial charge is 0.395 e. The summed E-state index contributed by atoms with van der Waals surface area (Å²) in [6, 6.07) is 1.80. The first-order valence-electron chi connectivity index (χ1n) is 5.83. The van der Waals surface area contributed by atoms with E-state index in [1.54, 1.807) is 0 Å². The van der Waals surface area contributed by atoms with Gasteiger partial charge in [-0.1, -0.05) is 0 Å². The van der Waals surface area contributed by atoms with Crippen molar-refractivity contribution in [2.75, 3.05) is 26.2 Å². The first kappa shape index (κ1) is 10.4. The molecule has 1 aliphatic carbocycles. The first-order valence-corrected chi connectivity index (χ1v) is 5.83. The third-order valence-electron chi connectivity index (χ3n) is 3.52. The van der Waals surface area contributed by atoms with E-state index in [2.05, 4.69) is 23.6 Å². The Labute approximate surface area is 86.7 Å². The highest BCUT2D eigenvalue weighted by atomic mass is 16.3. The molecule has 0 radical (unpaired) electrons. The Kier molecular flexibility index (Phi) is 3.10. The molecule has 14 heavy (non-hydrogen) atoms. The van der Waals surface area contributed by atoms with Crippen LogP contribution in [0.15, 0.2) is 0 Å². The number of aliphatic hydroxyl groups excluding tert-OH is 1. The van der Waals surface area contributed by atoms with E-state index in [0.717, 1.165) is 19.1 Å². The van der Waals surface area contributed by atoms with Gasteiger partial charge in [-0.2, -0.15) is 0 Å². The summed E-state index contributed by atoms with van der Waals surface area (Å²) in [5.41, 5.74) is 0. The number of rotatable bonds is 3. The summed E-state index contributed by atoms with van der Waals surface area (Å²) in [5.74, 6) is 0. The van der Waals surface area contributed by atoms with Crippen LogP contribution in [-0.2, 0) is 0 Å². The van der Waals surface area contributed by atoms with Gasteiger partial charge in [0.25, 0.3) is 0 Å². The van der Waals surface area contributed by atoms with Crippen LogP contribution >= 0.6 is 0 Å². The summed E-state index contributed by atoms with van der Waals surface area (Å²) < 4.78 is 0. The van der Waals surface area contributed by atoms with Crippen LogP contribution in [0.1, 0.15) is 26.7 Å². The molecule has 2 aliphatic rings. The van der Waals surface area contributed by atoms with Crippen molar-refractivity contribution in [3.63, 3.8) is 0 Å². The molecule has 2 fully saturated rings. The monoisotopic (exact) mass is 198 g/mol. The van der Waals surface area contributed by atoms with Crippen LogP contribution < -0.4 is 0 Å². The van der Waals surface area contributed by atoms with E-state index >= 15 is 0 Å². The van der Waals surface area contributed by atoms with Crippen molar-refractivity contribution in [2.24, 2.45) is 0 Å². The highest BCUT2D eigenvalue weighted by molar-refractivity contribution is 4.93. The number of aliphatic hydroxyl groups is 1. The predicted molar refractivity (Wildman–Crippen MR) is 57.3 cm³/mol. The van der Waals surface area contributed by atoms with Gasteiger partial charge in [0.1, 0.15) is 0 Å². The molecule has 1 saturated heterocycles. The van der Waals surface area contributed by atoms with Gasteiger partial charge in [0, 0.05) is 37.8 Å². The molecule has 0 spiro atoms. The topological polar surface area (TPSA) is 26.7 Å². The molecule has 82 valence electrons. The van der Waals surface area contributed by atoms with Crippen LogP contribution in [0.2, 0.25) is 0 Å². The molecule has 0 bridgehead atoms. The van der Waals surface area contributed by atoms with E-state index in [0.29, 0.717) is 18.7 Å². The van der Waals surface area contributed by atoms with Gasteiger partial charge in [-0.3, -0.25) is 9.80 Å². The van der Waals surface area contributed by atoms with Gasteiger partial charge >= 0.3 is 0 Å². The third-order valence-corrected chi connectivity index (χ3v) is 3.52. The zero-order chi connectivity index (χ0) is 10.1. The maximum absolute atomic E-state index is 9.37. The van der Waals surface area contributed by atoms with Crippen molar-refractivity contribution in [1.29, 1.82) is 0 Å². The fraction of sp³-hybridized carbons (Fsp3) is 1.00. The fourth-order valence-corrected chi connectivity index (χ4v) is 2.41. The van der Waals surface area contributed by atoms with Crippen molar-refractivity contribution >= 4 is 0 Å². The van der Waals surface area contributed by atoms with E-state index in [-0.39, 0.29) is 0 Å². The molecule has 0 unspecified atom stereocenters. The minimum Gasteiger partial charge on any atom is -0.395 e. The maximum Gasteiger partial charge on any atom is 0.0599 e. The second-order valence-corrected chi connectivity index (χ2v) is 4.89. The van der Waals surface area contributed by atoms with Gasteiger partial charge in [0.2, 0.25) is 0 Å². The van der Waals surface area contributed by atoms with Crippen LogP contribution in [0.3, 0.4) is 0 Å². The van der Waals surface area contributed by atoms with Gasteiger partial charge in [-0.15, -0.1) is 0 Å². The molecule has 0 aromatic rings. The van der Waals surface area contributed by atoms with Crippen LogP contribution in [0.5, 0.6) is 0 Å². The molecule has 0 aromatic carbocycles. The number of hydrogen-bond donors (Lipinski definition) is 1. The summed E-state index contributed by atoms with van der Waals surface area (Å²) in [7, 11) is 0. The lowest BCUT2D eigenvalue weighted by atomic mass is 10.1. The zero-order valence-electron chi connectivity index (χ0n) is 9.32. The van der Waals surface area contributed by atoms with Crippen LogP contribution in [0.4, 0.5) is 0 Å². The molecule has 2 rings (SSSR count). The van der Waals surface area contributed by atoms with E-state index < -0.39 is 0 Å². The van der Waals surface area contributed by atoms with Gasteiger partial charge in [-0.05, 0) is 26.7 Å². The Hall–Kier alpha value is -0.120. The van der Waals surface area contributed by atoms with Crippen LogP contribution in [0.25, 0.3) is 0 Å². The second kappa shape index (κ2) is 4.17. The second-order valence-electron chi connectivity index (χ2n) is 4.89. The van der Waals surface area contributed by atoms with E-state index in [4.69, 9.17) is 0 Å². The maximum atomic E-state index is 9.37. The standard InChI is InChI=1S/C11H22N2O/c1-9(2)12-5-6-13(10-3-4-10)11(7-12)8-14/h9-11,14H,3-8H2,1-2H3/t11-/m1/s1. The van der Waals surface area contributed by atoms with Gasteiger partial charge in [0.05, 0.1) is 6.61 Å². The van der Waals surface area contributed by atoms with Gasteiger partial charge in [0.15, 0.2) is 0 Å². The van der Waals surface area contributed by atoms with Crippen LogP contribution in [0, 0.1) is 0 Å². The number of hydrogen-bond acceptors (Lipinski definition) is 3. The highest BCUT2D eigenvalue weighted by Crippen LogP contribution is 2.30.